The molecular formula is C18H21N3O6. The van der Waals surface area contributed by atoms with Crippen molar-refractivity contribution in [1.82, 2.24) is 10.2 Å². The van der Waals surface area contributed by atoms with Gasteiger partial charge in [0, 0.05) is 13.2 Å². The summed E-state index contributed by atoms with van der Waals surface area (Å²) in [7, 11) is 0. The fourth-order valence-electron chi connectivity index (χ4n) is 3.01. The zero-order chi connectivity index (χ0) is 19.4. The van der Waals surface area contributed by atoms with Crippen LogP contribution in [0.25, 0.3) is 0 Å². The Hall–Kier alpha value is -2.94. The Bertz CT molecular complexity index is 759. The summed E-state index contributed by atoms with van der Waals surface area (Å²) in [6.45, 7) is 2.53. The van der Waals surface area contributed by atoms with E-state index in [1.54, 1.807) is 25.1 Å². The van der Waals surface area contributed by atoms with Gasteiger partial charge in [0.15, 0.2) is 0 Å². The molecule has 1 aromatic rings. The first-order valence-electron chi connectivity index (χ1n) is 8.83. The van der Waals surface area contributed by atoms with E-state index in [0.29, 0.717) is 30.4 Å². The highest BCUT2D eigenvalue weighted by Gasteiger charge is 2.47. The van der Waals surface area contributed by atoms with Crippen molar-refractivity contribution in [2.24, 2.45) is 0 Å². The maximum absolute atomic E-state index is 12.6. The lowest BCUT2D eigenvalue weighted by Gasteiger charge is -2.18. The minimum Gasteiger partial charge on any atom is -0.492 e. The lowest BCUT2D eigenvalue weighted by atomic mass is 10.2. The van der Waals surface area contributed by atoms with Crippen LogP contribution < -0.4 is 15.0 Å². The molecule has 0 saturated carbocycles. The van der Waals surface area contributed by atoms with Crippen molar-refractivity contribution in [3.8, 4) is 5.75 Å². The summed E-state index contributed by atoms with van der Waals surface area (Å²) in [6, 6.07) is 5.55. The molecule has 2 fully saturated rings. The second kappa shape index (κ2) is 8.17. The minimum atomic E-state index is -1.04. The summed E-state index contributed by atoms with van der Waals surface area (Å²) in [5, 5.41) is 2.63. The van der Waals surface area contributed by atoms with Crippen LogP contribution in [-0.4, -0.2) is 61.1 Å². The van der Waals surface area contributed by atoms with Crippen LogP contribution in [0.15, 0.2) is 24.3 Å². The molecule has 0 bridgehead atoms. The van der Waals surface area contributed by atoms with E-state index in [1.165, 1.54) is 6.07 Å². The summed E-state index contributed by atoms with van der Waals surface area (Å²) in [4.78, 5) is 50.7. The van der Waals surface area contributed by atoms with Gasteiger partial charge in [0.1, 0.15) is 12.3 Å². The molecule has 144 valence electrons. The quantitative estimate of drug-likeness (QED) is 0.555. The molecule has 0 radical (unpaired) electrons. The first-order chi connectivity index (χ1) is 13.0. The van der Waals surface area contributed by atoms with Gasteiger partial charge in [0.2, 0.25) is 5.91 Å². The first-order valence-corrected chi connectivity index (χ1v) is 8.83. The molecular weight excluding hydrogens is 354 g/mol. The molecule has 27 heavy (non-hydrogen) atoms. The molecule has 0 spiro atoms. The summed E-state index contributed by atoms with van der Waals surface area (Å²) in [5.74, 6) is -2.28. The Morgan fingerprint density at radius 1 is 1.26 bits per heavy atom. The van der Waals surface area contributed by atoms with Crippen LogP contribution >= 0.6 is 0 Å². The van der Waals surface area contributed by atoms with Crippen LogP contribution in [0.3, 0.4) is 0 Å². The Morgan fingerprint density at radius 2 is 2.04 bits per heavy atom. The van der Waals surface area contributed by atoms with Gasteiger partial charge in [0.05, 0.1) is 18.4 Å². The number of para-hydroxylation sites is 2. The first kappa shape index (κ1) is 18.8. The smallest absolute Gasteiger partial charge is 0.339 e. The van der Waals surface area contributed by atoms with Crippen molar-refractivity contribution < 1.29 is 28.7 Å². The van der Waals surface area contributed by atoms with Crippen LogP contribution in [0.2, 0.25) is 0 Å². The average molecular weight is 375 g/mol. The third kappa shape index (κ3) is 3.92. The number of hydrogen-bond acceptors (Lipinski definition) is 6. The number of anilines is 1. The van der Waals surface area contributed by atoms with Crippen LogP contribution in [0.4, 0.5) is 10.5 Å². The molecule has 9 heteroatoms. The number of nitrogens with zero attached hydrogens (tertiary/aromatic N) is 2. The molecule has 2 heterocycles. The van der Waals surface area contributed by atoms with Crippen LogP contribution in [0, 0.1) is 0 Å². The topological polar surface area (TPSA) is 105 Å². The fraction of sp³-hybridized carbons (Fsp3) is 0.444. The highest BCUT2D eigenvalue weighted by Crippen LogP contribution is 2.31. The van der Waals surface area contributed by atoms with E-state index in [2.05, 4.69) is 5.32 Å². The Balaban J connectivity index is 1.69. The Labute approximate surface area is 156 Å². The Kier molecular flexibility index (Phi) is 5.70. The minimum absolute atomic E-state index is 0.0601. The molecule has 0 aliphatic carbocycles. The standard InChI is InChI=1S/C18H21N3O6/c1-2-26-14-8-4-3-7-13(14)21-17(24)16(23)20(18(21)25)11-15(22)19-10-12-6-5-9-27-12/h3-4,7-8,12H,2,5-6,9-11H2,1H3,(H,19,22)/t12-/m0/s1. The van der Waals surface area contributed by atoms with Crippen molar-refractivity contribution in [2.75, 3.05) is 31.2 Å². The molecule has 0 aromatic heterocycles. The maximum Gasteiger partial charge on any atom is 0.339 e. The highest BCUT2D eigenvalue weighted by molar-refractivity contribution is 6.53. The number of imide groups is 2. The number of hydrogen-bond donors (Lipinski definition) is 1. The predicted molar refractivity (Wildman–Crippen MR) is 94.2 cm³/mol. The van der Waals surface area contributed by atoms with Gasteiger partial charge < -0.3 is 14.8 Å². The molecule has 9 nitrogen and oxygen atoms in total. The zero-order valence-electron chi connectivity index (χ0n) is 15.0. The van der Waals surface area contributed by atoms with Crippen LogP contribution in [0.5, 0.6) is 5.75 Å². The van der Waals surface area contributed by atoms with E-state index >= 15 is 0 Å². The largest absolute Gasteiger partial charge is 0.492 e. The molecule has 1 atom stereocenters. The van der Waals surface area contributed by atoms with Crippen molar-refractivity contribution in [3.63, 3.8) is 0 Å². The number of rotatable bonds is 7. The third-order valence-electron chi connectivity index (χ3n) is 4.31. The van der Waals surface area contributed by atoms with Gasteiger partial charge in [-0.25, -0.2) is 14.6 Å². The molecule has 5 amide bonds. The molecule has 0 unspecified atom stereocenters. The predicted octanol–water partition coefficient (Wildman–Crippen LogP) is 0.676. The molecule has 3 rings (SSSR count). The van der Waals surface area contributed by atoms with Crippen molar-refractivity contribution >= 4 is 29.4 Å². The number of benzene rings is 1. The van der Waals surface area contributed by atoms with E-state index in [0.717, 1.165) is 17.7 Å². The lowest BCUT2D eigenvalue weighted by molar-refractivity contribution is -0.140. The van der Waals surface area contributed by atoms with E-state index in [1.807, 2.05) is 0 Å². The van der Waals surface area contributed by atoms with Gasteiger partial charge in [-0.05, 0) is 31.9 Å². The highest BCUT2D eigenvalue weighted by atomic mass is 16.5. The third-order valence-corrected chi connectivity index (χ3v) is 4.31. The molecule has 2 aliphatic rings. The summed E-state index contributed by atoms with van der Waals surface area (Å²) >= 11 is 0. The van der Waals surface area contributed by atoms with Gasteiger partial charge in [0.25, 0.3) is 0 Å². The van der Waals surface area contributed by atoms with Gasteiger partial charge in [-0.15, -0.1) is 0 Å². The number of carbonyl (C=O) groups excluding carboxylic acids is 4. The maximum atomic E-state index is 12.6. The van der Waals surface area contributed by atoms with E-state index in [4.69, 9.17) is 9.47 Å². The zero-order valence-corrected chi connectivity index (χ0v) is 15.0. The van der Waals surface area contributed by atoms with Crippen molar-refractivity contribution in [1.29, 1.82) is 0 Å². The van der Waals surface area contributed by atoms with Gasteiger partial charge in [-0.3, -0.25) is 14.4 Å². The van der Waals surface area contributed by atoms with Crippen LogP contribution in [0.1, 0.15) is 19.8 Å². The molecule has 2 aliphatic heterocycles. The summed E-state index contributed by atoms with van der Waals surface area (Å²) < 4.78 is 10.8. The Morgan fingerprint density at radius 3 is 2.74 bits per heavy atom. The van der Waals surface area contributed by atoms with E-state index in [-0.39, 0.29) is 11.8 Å². The van der Waals surface area contributed by atoms with Crippen LogP contribution in [-0.2, 0) is 19.1 Å². The second-order valence-electron chi connectivity index (χ2n) is 6.15. The molecule has 1 aromatic carbocycles. The van der Waals surface area contributed by atoms with Crippen molar-refractivity contribution in [3.05, 3.63) is 24.3 Å². The molecule has 1 N–H and O–H groups in total. The van der Waals surface area contributed by atoms with E-state index < -0.39 is 30.3 Å². The summed E-state index contributed by atoms with van der Waals surface area (Å²) in [6.07, 6.45) is 1.73. The number of nitrogens with one attached hydrogen (secondary N) is 1. The normalized spacial score (nSPS) is 19.7. The lowest BCUT2D eigenvalue weighted by Crippen LogP contribution is -2.43. The summed E-state index contributed by atoms with van der Waals surface area (Å²) in [5.41, 5.74) is 0.171. The molecule has 2 saturated heterocycles. The second-order valence-corrected chi connectivity index (χ2v) is 6.15. The number of ether oxygens (including phenoxy) is 2. The fourth-order valence-corrected chi connectivity index (χ4v) is 3.01. The van der Waals surface area contributed by atoms with Gasteiger partial charge in [-0.2, -0.15) is 0 Å². The van der Waals surface area contributed by atoms with E-state index in [9.17, 15) is 19.2 Å². The number of carbonyl (C=O) groups is 4. The SMILES string of the molecule is CCOc1ccccc1N1C(=O)C(=O)N(CC(=O)NC[C@@H]2CCCO2)C1=O. The number of amides is 5. The van der Waals surface area contributed by atoms with Crippen molar-refractivity contribution in [2.45, 2.75) is 25.9 Å². The number of urea groups is 1. The van der Waals surface area contributed by atoms with Gasteiger partial charge in [-0.1, -0.05) is 12.1 Å². The monoisotopic (exact) mass is 375 g/mol. The van der Waals surface area contributed by atoms with Gasteiger partial charge >= 0.3 is 17.8 Å². The average Bonchev–Trinajstić information content (AvgIpc) is 3.25.